The third-order valence-corrected chi connectivity index (χ3v) is 10.2. The maximum atomic E-state index is 13.9. The van der Waals surface area contributed by atoms with Crippen LogP contribution >= 0.6 is 23.2 Å². The number of benzene rings is 2. The third-order valence-electron chi connectivity index (χ3n) is 7.39. The monoisotopic (exact) mass is 590 g/mol. The molecule has 1 N–H and O–H groups in total. The van der Waals surface area contributed by atoms with Crippen molar-refractivity contribution in [1.82, 2.24) is 19.5 Å². The number of halogens is 2. The van der Waals surface area contributed by atoms with Gasteiger partial charge in [0, 0.05) is 47.8 Å². The number of carbonyl (C=O) groups is 1. The van der Waals surface area contributed by atoms with Gasteiger partial charge >= 0.3 is 0 Å². The van der Waals surface area contributed by atoms with Crippen molar-refractivity contribution in [2.45, 2.75) is 50.7 Å². The Hall–Kier alpha value is -2.43. The van der Waals surface area contributed by atoms with Crippen molar-refractivity contribution >= 4 is 50.0 Å². The van der Waals surface area contributed by atoms with E-state index >= 15 is 0 Å². The van der Waals surface area contributed by atoms with Crippen LogP contribution in [0.1, 0.15) is 36.1 Å². The maximum Gasteiger partial charge on any atom is 0.245 e. The molecule has 1 amide bonds. The van der Waals surface area contributed by atoms with Crippen molar-refractivity contribution < 1.29 is 17.9 Å². The highest BCUT2D eigenvalue weighted by Crippen LogP contribution is 2.37. The average Bonchev–Trinajstić information content (AvgIpc) is 3.25. The lowest BCUT2D eigenvalue weighted by Crippen LogP contribution is -2.48. The molecule has 2 fully saturated rings. The van der Waals surface area contributed by atoms with Gasteiger partial charge in [0.25, 0.3) is 0 Å². The molecule has 0 bridgehead atoms. The Bertz CT molecular complexity index is 1510. The first-order valence-electron chi connectivity index (χ1n) is 13.2. The molecule has 2 aromatic carbocycles. The number of nitrogens with one attached hydrogen (secondary N) is 1. The summed E-state index contributed by atoms with van der Waals surface area (Å²) < 4.78 is 35.2. The SMILES string of the molecule is Cc1cc(C)c2cccc(OCc3c(Cl)ccc(S(=O)(=O)N4CCC[C@H]4C(=O)N4CCCNCC4)c3Cl)c2n1. The lowest BCUT2D eigenvalue weighted by atomic mass is 10.1. The molecule has 0 spiro atoms. The van der Waals surface area contributed by atoms with E-state index in [1.54, 1.807) is 4.90 Å². The fourth-order valence-electron chi connectivity index (χ4n) is 5.41. The van der Waals surface area contributed by atoms with Crippen LogP contribution in [0.3, 0.4) is 0 Å². The van der Waals surface area contributed by atoms with Crippen molar-refractivity contribution in [2.75, 3.05) is 32.7 Å². The summed E-state index contributed by atoms with van der Waals surface area (Å²) in [6, 6.07) is 9.87. The van der Waals surface area contributed by atoms with E-state index in [2.05, 4.69) is 10.3 Å². The summed E-state index contributed by atoms with van der Waals surface area (Å²) >= 11 is 13.2. The van der Waals surface area contributed by atoms with E-state index in [4.69, 9.17) is 27.9 Å². The molecule has 5 rings (SSSR count). The Kier molecular flexibility index (Phi) is 8.35. The van der Waals surface area contributed by atoms with E-state index in [0.717, 1.165) is 29.6 Å². The quantitative estimate of drug-likeness (QED) is 0.447. The van der Waals surface area contributed by atoms with Gasteiger partial charge in [0.15, 0.2) is 0 Å². The highest BCUT2D eigenvalue weighted by molar-refractivity contribution is 7.89. The number of ether oxygens (including phenoxy) is 1. The van der Waals surface area contributed by atoms with Crippen LogP contribution in [0.25, 0.3) is 10.9 Å². The number of hydrogen-bond acceptors (Lipinski definition) is 6. The molecule has 8 nitrogen and oxygen atoms in total. The van der Waals surface area contributed by atoms with Crippen molar-refractivity contribution in [3.05, 3.63) is 63.3 Å². The van der Waals surface area contributed by atoms with Gasteiger partial charge in [-0.15, -0.1) is 0 Å². The summed E-state index contributed by atoms with van der Waals surface area (Å²) in [7, 11) is -4.07. The van der Waals surface area contributed by atoms with Crippen LogP contribution in [0, 0.1) is 13.8 Å². The number of fused-ring (bicyclic) bond motifs is 1. The smallest absolute Gasteiger partial charge is 0.245 e. The zero-order chi connectivity index (χ0) is 27.7. The molecule has 1 aromatic heterocycles. The second kappa shape index (κ2) is 11.6. The van der Waals surface area contributed by atoms with Crippen LogP contribution in [-0.2, 0) is 21.4 Å². The largest absolute Gasteiger partial charge is 0.487 e. The van der Waals surface area contributed by atoms with Crippen molar-refractivity contribution in [3.8, 4) is 5.75 Å². The lowest BCUT2D eigenvalue weighted by Gasteiger charge is -2.29. The molecule has 0 aliphatic carbocycles. The molecular weight excluding hydrogens is 559 g/mol. The Morgan fingerprint density at radius 2 is 1.92 bits per heavy atom. The number of rotatable bonds is 6. The van der Waals surface area contributed by atoms with Gasteiger partial charge in [-0.1, -0.05) is 35.3 Å². The van der Waals surface area contributed by atoms with Crippen LogP contribution in [0.15, 0.2) is 41.3 Å². The third kappa shape index (κ3) is 5.60. The number of aromatic nitrogens is 1. The molecule has 3 heterocycles. The summed E-state index contributed by atoms with van der Waals surface area (Å²) in [5.74, 6) is 0.402. The van der Waals surface area contributed by atoms with Crippen LogP contribution in [0.4, 0.5) is 0 Å². The van der Waals surface area contributed by atoms with E-state index in [1.165, 1.54) is 16.4 Å². The predicted octanol–water partition coefficient (Wildman–Crippen LogP) is 4.71. The number of amides is 1. The standard InChI is InChI=1S/C28H32Cl2N4O4S/c1-18-16-19(2)32-27-20(18)6-3-8-24(27)38-17-21-22(29)9-10-25(26(21)30)39(36,37)34-14-4-7-23(34)28(35)33-13-5-11-31-12-15-33/h3,6,8-10,16,23,31H,4-5,7,11-15,17H2,1-2H3/t23-/m0/s1. The fourth-order valence-corrected chi connectivity index (χ4v) is 7.92. The van der Waals surface area contributed by atoms with Gasteiger partial charge in [-0.25, -0.2) is 13.4 Å². The zero-order valence-electron chi connectivity index (χ0n) is 22.0. The molecule has 2 aliphatic rings. The number of hydrogen-bond donors (Lipinski definition) is 1. The van der Waals surface area contributed by atoms with Crippen molar-refractivity contribution in [1.29, 1.82) is 0 Å². The summed E-state index contributed by atoms with van der Waals surface area (Å²) in [4.78, 5) is 19.7. The molecule has 2 saturated heterocycles. The van der Waals surface area contributed by atoms with E-state index in [1.807, 2.05) is 38.1 Å². The van der Waals surface area contributed by atoms with Crippen LogP contribution in [0.5, 0.6) is 5.75 Å². The van der Waals surface area contributed by atoms with Crippen LogP contribution in [-0.4, -0.2) is 67.3 Å². The Balaban J connectivity index is 1.42. The average molecular weight is 592 g/mol. The van der Waals surface area contributed by atoms with Gasteiger partial charge < -0.3 is 15.0 Å². The molecule has 0 unspecified atom stereocenters. The normalized spacial score (nSPS) is 18.9. The van der Waals surface area contributed by atoms with Crippen molar-refractivity contribution in [3.63, 3.8) is 0 Å². The summed E-state index contributed by atoms with van der Waals surface area (Å²) in [6.45, 7) is 6.87. The minimum Gasteiger partial charge on any atom is -0.487 e. The second-order valence-corrected chi connectivity index (χ2v) is 12.7. The molecule has 208 valence electrons. The van der Waals surface area contributed by atoms with E-state index < -0.39 is 16.1 Å². The van der Waals surface area contributed by atoms with E-state index in [-0.39, 0.29) is 29.0 Å². The fraction of sp³-hybridized carbons (Fsp3) is 0.429. The van der Waals surface area contributed by atoms with E-state index in [0.29, 0.717) is 54.3 Å². The topological polar surface area (TPSA) is 91.8 Å². The molecule has 3 aromatic rings. The van der Waals surface area contributed by atoms with Gasteiger partial charge in [0.2, 0.25) is 15.9 Å². The van der Waals surface area contributed by atoms with Gasteiger partial charge in [0.05, 0.1) is 5.02 Å². The number of pyridine rings is 1. The summed E-state index contributed by atoms with van der Waals surface area (Å²) in [5, 5.41) is 4.54. The van der Waals surface area contributed by atoms with Gasteiger partial charge in [0.1, 0.15) is 28.8 Å². The first kappa shape index (κ1) is 28.1. The number of nitrogens with zero attached hydrogens (tertiary/aromatic N) is 3. The molecule has 39 heavy (non-hydrogen) atoms. The first-order chi connectivity index (χ1) is 18.7. The number of carbonyl (C=O) groups excluding carboxylic acids is 1. The van der Waals surface area contributed by atoms with Gasteiger partial charge in [-0.2, -0.15) is 4.31 Å². The predicted molar refractivity (Wildman–Crippen MR) is 153 cm³/mol. The molecule has 0 saturated carbocycles. The van der Waals surface area contributed by atoms with Crippen LogP contribution < -0.4 is 10.1 Å². The molecule has 11 heteroatoms. The molecule has 0 radical (unpaired) electrons. The molecule has 1 atom stereocenters. The summed E-state index contributed by atoms with van der Waals surface area (Å²) in [6.07, 6.45) is 1.93. The van der Waals surface area contributed by atoms with E-state index in [9.17, 15) is 13.2 Å². The Morgan fingerprint density at radius 3 is 2.74 bits per heavy atom. The highest BCUT2D eigenvalue weighted by atomic mass is 35.5. The number of sulfonamides is 1. The Labute approximate surface area is 239 Å². The second-order valence-electron chi connectivity index (χ2n) is 10.1. The minimum absolute atomic E-state index is 0.000119. The number of aryl methyl sites for hydroxylation is 2. The number of para-hydroxylation sites is 1. The van der Waals surface area contributed by atoms with Gasteiger partial charge in [-0.05, 0) is 69.5 Å². The molecule has 2 aliphatic heterocycles. The van der Waals surface area contributed by atoms with Crippen molar-refractivity contribution in [2.24, 2.45) is 0 Å². The minimum atomic E-state index is -4.07. The Morgan fingerprint density at radius 1 is 1.10 bits per heavy atom. The maximum absolute atomic E-state index is 13.9. The molecular formula is C28H32Cl2N4O4S. The highest BCUT2D eigenvalue weighted by Gasteiger charge is 2.42. The van der Waals surface area contributed by atoms with Crippen LogP contribution in [0.2, 0.25) is 10.0 Å². The lowest BCUT2D eigenvalue weighted by molar-refractivity contribution is -0.134. The zero-order valence-corrected chi connectivity index (χ0v) is 24.4. The summed E-state index contributed by atoms with van der Waals surface area (Å²) in [5.41, 5.74) is 3.03. The first-order valence-corrected chi connectivity index (χ1v) is 15.4. The van der Waals surface area contributed by atoms with Gasteiger partial charge in [-0.3, -0.25) is 4.79 Å².